The minimum absolute atomic E-state index is 0.0961. The van der Waals surface area contributed by atoms with Crippen molar-refractivity contribution in [2.24, 2.45) is 0 Å². The van der Waals surface area contributed by atoms with Crippen molar-refractivity contribution >= 4 is 50.3 Å². The molecule has 0 unspecified atom stereocenters. The molecule has 0 bridgehead atoms. The summed E-state index contributed by atoms with van der Waals surface area (Å²) in [4.78, 5) is 0.431. The number of nitrogens with one attached hydrogen (secondary N) is 1. The number of nitrogens with zero attached hydrogens (tertiary/aromatic N) is 1. The van der Waals surface area contributed by atoms with Crippen LogP contribution < -0.4 is 9.88 Å². The van der Waals surface area contributed by atoms with Gasteiger partial charge in [0.25, 0.3) is 5.70 Å². The third-order valence-electron chi connectivity index (χ3n) is 3.82. The average Bonchev–Trinajstić information content (AvgIpc) is 2.63. The first-order valence-electron chi connectivity index (χ1n) is 8.09. The molecule has 0 aliphatic rings. The van der Waals surface area contributed by atoms with E-state index in [9.17, 15) is 5.11 Å². The Hall–Kier alpha value is -2.50. The van der Waals surface area contributed by atoms with Gasteiger partial charge in [-0.2, -0.15) is 4.57 Å². The lowest BCUT2D eigenvalue weighted by Crippen LogP contribution is -2.38. The topological polar surface area (TPSA) is 36.1 Å². The SMILES string of the molecule is Cc1cccc(NC(=S)/C(=C(\O)c2ccccc2Br)[n+]2ccccc2)c1. The Morgan fingerprint density at radius 1 is 1.00 bits per heavy atom. The van der Waals surface area contributed by atoms with Crippen molar-refractivity contribution in [1.82, 2.24) is 0 Å². The molecule has 0 amide bonds. The van der Waals surface area contributed by atoms with E-state index in [1.807, 2.05) is 86.0 Å². The van der Waals surface area contributed by atoms with Crippen LogP contribution in [0.15, 0.2) is 83.6 Å². The maximum absolute atomic E-state index is 11.0. The molecule has 1 aromatic heterocycles. The minimum Gasteiger partial charge on any atom is -0.502 e. The first kappa shape index (κ1) is 18.3. The maximum Gasteiger partial charge on any atom is 0.288 e. The highest BCUT2D eigenvalue weighted by molar-refractivity contribution is 9.10. The first-order valence-corrected chi connectivity index (χ1v) is 9.29. The number of aliphatic hydroxyl groups is 1. The van der Waals surface area contributed by atoms with Crippen LogP contribution in [-0.2, 0) is 0 Å². The Morgan fingerprint density at radius 2 is 1.73 bits per heavy atom. The summed E-state index contributed by atoms with van der Waals surface area (Å²) >= 11 is 9.13. The third kappa shape index (κ3) is 4.18. The Balaban J connectivity index is 2.08. The van der Waals surface area contributed by atoms with Crippen molar-refractivity contribution in [3.63, 3.8) is 0 Å². The van der Waals surface area contributed by atoms with Crippen LogP contribution in [0.3, 0.4) is 0 Å². The number of halogens is 1. The molecule has 3 aromatic rings. The average molecular weight is 426 g/mol. The van der Waals surface area contributed by atoms with Crippen molar-refractivity contribution in [3.8, 4) is 0 Å². The number of aliphatic hydroxyl groups excluding tert-OH is 1. The zero-order chi connectivity index (χ0) is 18.5. The molecule has 0 radical (unpaired) electrons. The number of hydrogen-bond acceptors (Lipinski definition) is 2. The fraction of sp³-hybridized carbons (Fsp3) is 0.0476. The number of benzene rings is 2. The van der Waals surface area contributed by atoms with Gasteiger partial charge >= 0.3 is 0 Å². The molecule has 3 nitrogen and oxygen atoms in total. The number of aryl methyl sites for hydroxylation is 1. The largest absolute Gasteiger partial charge is 0.502 e. The van der Waals surface area contributed by atoms with E-state index in [1.165, 1.54) is 0 Å². The molecule has 3 rings (SSSR count). The number of pyridine rings is 1. The van der Waals surface area contributed by atoms with Crippen molar-refractivity contribution in [3.05, 3.63) is 94.7 Å². The van der Waals surface area contributed by atoms with Crippen LogP contribution in [-0.4, -0.2) is 10.1 Å². The highest BCUT2D eigenvalue weighted by Gasteiger charge is 2.24. The van der Waals surface area contributed by atoms with E-state index in [1.54, 1.807) is 4.57 Å². The van der Waals surface area contributed by atoms with Crippen LogP contribution in [0, 0.1) is 6.92 Å². The fourth-order valence-electron chi connectivity index (χ4n) is 2.59. The molecular weight excluding hydrogens is 408 g/mol. The summed E-state index contributed by atoms with van der Waals surface area (Å²) in [7, 11) is 0. The summed E-state index contributed by atoms with van der Waals surface area (Å²) in [5, 5.41) is 14.2. The second kappa shape index (κ2) is 8.25. The van der Waals surface area contributed by atoms with Gasteiger partial charge in [-0.15, -0.1) is 0 Å². The molecule has 0 fully saturated rings. The van der Waals surface area contributed by atoms with E-state index in [2.05, 4.69) is 21.2 Å². The predicted molar refractivity (Wildman–Crippen MR) is 114 cm³/mol. The molecule has 0 saturated carbocycles. The lowest BCUT2D eigenvalue weighted by Gasteiger charge is -2.11. The van der Waals surface area contributed by atoms with Crippen molar-refractivity contribution in [2.45, 2.75) is 6.92 Å². The fourth-order valence-corrected chi connectivity index (χ4v) is 3.38. The number of hydrogen-bond donors (Lipinski definition) is 2. The van der Waals surface area contributed by atoms with Gasteiger partial charge in [0.05, 0.1) is 0 Å². The van der Waals surface area contributed by atoms with Crippen LogP contribution in [0.1, 0.15) is 11.1 Å². The lowest BCUT2D eigenvalue weighted by molar-refractivity contribution is -0.575. The molecule has 2 aromatic carbocycles. The molecule has 2 N–H and O–H groups in total. The molecule has 0 saturated heterocycles. The van der Waals surface area contributed by atoms with Crippen LogP contribution in [0.2, 0.25) is 0 Å². The smallest absolute Gasteiger partial charge is 0.288 e. The summed E-state index contributed by atoms with van der Waals surface area (Å²) in [6.45, 7) is 2.02. The molecule has 0 aliphatic heterocycles. The van der Waals surface area contributed by atoms with E-state index in [4.69, 9.17) is 12.2 Å². The van der Waals surface area contributed by atoms with E-state index in [0.29, 0.717) is 16.2 Å². The van der Waals surface area contributed by atoms with Crippen LogP contribution in [0.4, 0.5) is 5.69 Å². The quantitative estimate of drug-likeness (QED) is 0.255. The zero-order valence-electron chi connectivity index (χ0n) is 14.2. The van der Waals surface area contributed by atoms with Gasteiger partial charge in [0, 0.05) is 27.9 Å². The van der Waals surface area contributed by atoms with Gasteiger partial charge in [-0.1, -0.05) is 58.5 Å². The van der Waals surface area contributed by atoms with E-state index in [0.717, 1.165) is 15.7 Å². The first-order chi connectivity index (χ1) is 12.6. The second-order valence-corrected chi connectivity index (χ2v) is 7.05. The Labute approximate surface area is 166 Å². The molecule has 0 aliphatic carbocycles. The highest BCUT2D eigenvalue weighted by atomic mass is 79.9. The number of thiocarbonyl (C=S) groups is 1. The molecule has 0 spiro atoms. The van der Waals surface area contributed by atoms with Crippen molar-refractivity contribution in [2.75, 3.05) is 5.32 Å². The summed E-state index contributed by atoms with van der Waals surface area (Å²) in [5.41, 5.74) is 3.19. The van der Waals surface area contributed by atoms with Crippen molar-refractivity contribution in [1.29, 1.82) is 0 Å². The molecule has 5 heteroatoms. The van der Waals surface area contributed by atoms with E-state index < -0.39 is 0 Å². The van der Waals surface area contributed by atoms with Gasteiger partial charge in [0.1, 0.15) is 0 Å². The van der Waals surface area contributed by atoms with E-state index >= 15 is 0 Å². The molecule has 1 heterocycles. The molecular formula is C21H18BrN2OS+. The standard InChI is InChI=1S/C21H17BrN2OS/c1-15-8-7-9-16(14-15)23-21(26)19(24-12-5-2-6-13-24)20(25)17-10-3-4-11-18(17)22/h2-14H,1H3,(H-,23,25,26)/p+1. The number of rotatable bonds is 4. The Kier molecular flexibility index (Phi) is 5.81. The lowest BCUT2D eigenvalue weighted by atomic mass is 10.1. The summed E-state index contributed by atoms with van der Waals surface area (Å²) in [5.74, 6) is 0.0961. The number of aromatic nitrogens is 1. The van der Waals surface area contributed by atoms with E-state index in [-0.39, 0.29) is 5.76 Å². The second-order valence-electron chi connectivity index (χ2n) is 5.78. The third-order valence-corrected chi connectivity index (χ3v) is 4.80. The summed E-state index contributed by atoms with van der Waals surface area (Å²) < 4.78 is 2.60. The van der Waals surface area contributed by atoms with Crippen LogP contribution in [0.5, 0.6) is 0 Å². The normalized spacial score (nSPS) is 11.6. The predicted octanol–water partition coefficient (Wildman–Crippen LogP) is 5.37. The maximum atomic E-state index is 11.0. The van der Waals surface area contributed by atoms with Gasteiger partial charge in [-0.25, -0.2) is 0 Å². The van der Waals surface area contributed by atoms with Gasteiger partial charge in [0.2, 0.25) is 0 Å². The van der Waals surface area contributed by atoms with Crippen LogP contribution in [0.25, 0.3) is 11.5 Å². The van der Waals surface area contributed by atoms with Gasteiger partial charge in [-0.3, -0.25) is 0 Å². The van der Waals surface area contributed by atoms with Gasteiger partial charge < -0.3 is 10.4 Å². The van der Waals surface area contributed by atoms with Gasteiger partial charge in [-0.05, 0) is 36.8 Å². The zero-order valence-corrected chi connectivity index (χ0v) is 16.6. The van der Waals surface area contributed by atoms with Gasteiger partial charge in [0.15, 0.2) is 23.1 Å². The number of anilines is 1. The molecule has 26 heavy (non-hydrogen) atoms. The summed E-state index contributed by atoms with van der Waals surface area (Å²) in [6, 6.07) is 21.2. The minimum atomic E-state index is 0.0961. The Bertz CT molecular complexity index is 971. The monoisotopic (exact) mass is 425 g/mol. The highest BCUT2D eigenvalue weighted by Crippen LogP contribution is 2.26. The molecule has 130 valence electrons. The molecule has 0 atom stereocenters. The van der Waals surface area contributed by atoms with Crippen LogP contribution >= 0.6 is 28.1 Å². The van der Waals surface area contributed by atoms with Crippen molar-refractivity contribution < 1.29 is 9.67 Å². The summed E-state index contributed by atoms with van der Waals surface area (Å²) in [6.07, 6.45) is 3.71. The Morgan fingerprint density at radius 3 is 2.42 bits per heavy atom.